The van der Waals surface area contributed by atoms with Crippen molar-refractivity contribution >= 4 is 30.9 Å². The Hall–Kier alpha value is -2.29. The van der Waals surface area contributed by atoms with Gasteiger partial charge in [-0.25, -0.2) is 0 Å². The zero-order chi connectivity index (χ0) is 17.6. The number of allylic oxidation sites excluding steroid dienone is 4. The van der Waals surface area contributed by atoms with Crippen LogP contribution in [0.3, 0.4) is 0 Å². The Bertz CT molecular complexity index is 883. The Morgan fingerprint density at radius 2 is 1.27 bits per heavy atom. The van der Waals surface area contributed by atoms with Crippen molar-refractivity contribution in [1.82, 2.24) is 0 Å². The van der Waals surface area contributed by atoms with E-state index in [1.807, 2.05) is 11.8 Å². The first-order valence-corrected chi connectivity index (χ1v) is 11.4. The van der Waals surface area contributed by atoms with Crippen molar-refractivity contribution < 1.29 is 0 Å². The Labute approximate surface area is 161 Å². The van der Waals surface area contributed by atoms with E-state index >= 15 is 0 Å². The summed E-state index contributed by atoms with van der Waals surface area (Å²) in [6.45, 7) is 0. The summed E-state index contributed by atoms with van der Waals surface area (Å²) in [5.74, 6) is 0. The van der Waals surface area contributed by atoms with Crippen LogP contribution in [0.4, 0.5) is 0 Å². The molecule has 0 spiro atoms. The van der Waals surface area contributed by atoms with Crippen LogP contribution in [-0.4, -0.2) is 8.80 Å². The largest absolute Gasteiger partial charge is 0.128 e. The van der Waals surface area contributed by atoms with Crippen molar-refractivity contribution in [3.8, 4) is 0 Å². The minimum absolute atomic E-state index is 0.611. The quantitative estimate of drug-likeness (QED) is 0.548. The maximum atomic E-state index is 2.40. The van der Waals surface area contributed by atoms with Gasteiger partial charge in [0.05, 0.1) is 0 Å². The second-order valence-electron chi connectivity index (χ2n) is 6.37. The maximum Gasteiger partial charge on any atom is 0.128 e. The summed E-state index contributed by atoms with van der Waals surface area (Å²) in [4.78, 5) is 2.59. The van der Waals surface area contributed by atoms with Crippen LogP contribution in [0.2, 0.25) is 5.54 Å². The molecule has 0 saturated carbocycles. The summed E-state index contributed by atoms with van der Waals surface area (Å²) >= 11 is 1.83. The molecular weight excluding hydrogens is 348 g/mol. The molecule has 3 aromatic carbocycles. The van der Waals surface area contributed by atoms with Gasteiger partial charge in [-0.2, -0.15) is 0 Å². The van der Waals surface area contributed by atoms with Crippen molar-refractivity contribution in [2.45, 2.75) is 21.8 Å². The minimum atomic E-state index is -0.836. The summed E-state index contributed by atoms with van der Waals surface area (Å²) in [7, 11) is -0.836. The van der Waals surface area contributed by atoms with E-state index in [9.17, 15) is 0 Å². The van der Waals surface area contributed by atoms with Gasteiger partial charge in [0.15, 0.2) is 0 Å². The molecule has 1 aliphatic carbocycles. The fourth-order valence-corrected chi connectivity index (χ4v) is 7.11. The molecule has 0 heterocycles. The lowest BCUT2D eigenvalue weighted by molar-refractivity contribution is 1.01. The second-order valence-corrected chi connectivity index (χ2v) is 10.2. The molecule has 0 fully saturated rings. The Morgan fingerprint density at radius 1 is 0.654 bits per heavy atom. The van der Waals surface area contributed by atoms with Gasteiger partial charge < -0.3 is 0 Å². The molecule has 1 atom stereocenters. The summed E-state index contributed by atoms with van der Waals surface area (Å²) in [5.41, 5.74) is 0.611. The monoisotopic (exact) mass is 369 g/mol. The maximum absolute atomic E-state index is 2.40. The highest BCUT2D eigenvalue weighted by molar-refractivity contribution is 7.99. The van der Waals surface area contributed by atoms with E-state index in [0.29, 0.717) is 5.54 Å². The summed E-state index contributed by atoms with van der Waals surface area (Å²) in [6.07, 6.45) is 10.2. The lowest BCUT2D eigenvalue weighted by atomic mass is 10.2. The lowest BCUT2D eigenvalue weighted by Gasteiger charge is -2.24. The molecule has 0 bridgehead atoms. The molecule has 4 rings (SSSR count). The number of hydrogen-bond donors (Lipinski definition) is 0. The van der Waals surface area contributed by atoms with E-state index in [1.54, 1.807) is 0 Å². The van der Waals surface area contributed by atoms with Crippen molar-refractivity contribution in [2.24, 2.45) is 0 Å². The molecule has 26 heavy (non-hydrogen) atoms. The predicted molar refractivity (Wildman–Crippen MR) is 115 cm³/mol. The average molecular weight is 370 g/mol. The summed E-state index contributed by atoms with van der Waals surface area (Å²) < 4.78 is 0. The van der Waals surface area contributed by atoms with Gasteiger partial charge in [0.1, 0.15) is 8.80 Å². The van der Waals surface area contributed by atoms with E-state index < -0.39 is 8.80 Å². The Balaban J connectivity index is 1.61. The van der Waals surface area contributed by atoms with Gasteiger partial charge in [0.2, 0.25) is 0 Å². The van der Waals surface area contributed by atoms with E-state index in [4.69, 9.17) is 0 Å². The Kier molecular flexibility index (Phi) is 5.53. The molecule has 0 amide bonds. The van der Waals surface area contributed by atoms with E-state index in [2.05, 4.69) is 109 Å². The molecular formula is C24H21SSi. The first-order valence-electron chi connectivity index (χ1n) is 8.99. The lowest BCUT2D eigenvalue weighted by Crippen LogP contribution is -2.45. The normalized spacial score (nSPS) is 16.1. The minimum Gasteiger partial charge on any atom is -0.0901 e. The van der Waals surface area contributed by atoms with Gasteiger partial charge in [0, 0.05) is 9.79 Å². The number of hydrogen-bond acceptors (Lipinski definition) is 1. The third kappa shape index (κ3) is 4.09. The van der Waals surface area contributed by atoms with E-state index in [1.165, 1.54) is 20.2 Å². The fraction of sp³-hybridized carbons (Fsp3) is 0.0833. The first kappa shape index (κ1) is 17.1. The number of rotatable bonds is 5. The molecule has 3 aromatic rings. The van der Waals surface area contributed by atoms with Gasteiger partial charge in [0.25, 0.3) is 0 Å². The van der Waals surface area contributed by atoms with Crippen molar-refractivity contribution in [2.75, 3.05) is 0 Å². The van der Waals surface area contributed by atoms with Crippen LogP contribution >= 0.6 is 11.8 Å². The van der Waals surface area contributed by atoms with Crippen molar-refractivity contribution in [1.29, 1.82) is 0 Å². The molecule has 1 radical (unpaired) electrons. The zero-order valence-electron chi connectivity index (χ0n) is 14.6. The third-order valence-electron chi connectivity index (χ3n) is 4.58. The molecule has 127 valence electrons. The molecule has 2 heteroatoms. The van der Waals surface area contributed by atoms with Crippen LogP contribution in [0.25, 0.3) is 0 Å². The van der Waals surface area contributed by atoms with E-state index in [0.717, 1.165) is 6.42 Å². The highest BCUT2D eigenvalue weighted by Crippen LogP contribution is 2.27. The van der Waals surface area contributed by atoms with Gasteiger partial charge in [-0.3, -0.25) is 0 Å². The molecule has 0 nitrogen and oxygen atoms in total. The van der Waals surface area contributed by atoms with Crippen LogP contribution in [0.5, 0.6) is 0 Å². The summed E-state index contributed by atoms with van der Waals surface area (Å²) in [6, 6.07) is 30.9. The number of benzene rings is 3. The fourth-order valence-electron chi connectivity index (χ4n) is 3.33. The first-order chi connectivity index (χ1) is 12.9. The molecule has 0 N–H and O–H groups in total. The molecule has 1 unspecified atom stereocenters. The smallest absolute Gasteiger partial charge is 0.0901 e. The van der Waals surface area contributed by atoms with Gasteiger partial charge in [-0.1, -0.05) is 107 Å². The predicted octanol–water partition coefficient (Wildman–Crippen LogP) is 5.33. The SMILES string of the molecule is C1=CCC([Si](c2ccccc2)c2ccc(Sc3ccccc3)cc2)C=C1. The Morgan fingerprint density at radius 3 is 1.92 bits per heavy atom. The second kappa shape index (κ2) is 8.39. The van der Waals surface area contributed by atoms with Crippen LogP contribution in [-0.2, 0) is 0 Å². The van der Waals surface area contributed by atoms with Gasteiger partial charge in [-0.15, -0.1) is 0 Å². The third-order valence-corrected chi connectivity index (χ3v) is 8.68. The molecule has 0 aromatic heterocycles. The topological polar surface area (TPSA) is 0 Å². The summed E-state index contributed by atoms with van der Waals surface area (Å²) in [5, 5.41) is 2.98. The highest BCUT2D eigenvalue weighted by atomic mass is 32.2. The van der Waals surface area contributed by atoms with Crippen LogP contribution < -0.4 is 10.4 Å². The van der Waals surface area contributed by atoms with E-state index in [-0.39, 0.29) is 0 Å². The highest BCUT2D eigenvalue weighted by Gasteiger charge is 2.25. The van der Waals surface area contributed by atoms with Crippen LogP contribution in [0.15, 0.2) is 119 Å². The van der Waals surface area contributed by atoms with Crippen molar-refractivity contribution in [3.63, 3.8) is 0 Å². The molecule has 0 saturated heterocycles. The zero-order valence-corrected chi connectivity index (χ0v) is 16.4. The van der Waals surface area contributed by atoms with Crippen molar-refractivity contribution in [3.05, 3.63) is 109 Å². The van der Waals surface area contributed by atoms with Gasteiger partial charge >= 0.3 is 0 Å². The average Bonchev–Trinajstić information content (AvgIpc) is 2.72. The standard InChI is InChI=1S/C24H21SSi/c1-4-10-20(11-5-1)25-21-16-18-24(19-17-21)26(22-12-6-2-7-13-22)23-14-8-3-9-15-23/h1-14,16-19,23H,15H2. The molecule has 0 aliphatic heterocycles. The van der Waals surface area contributed by atoms with Crippen LogP contribution in [0.1, 0.15) is 6.42 Å². The van der Waals surface area contributed by atoms with Crippen LogP contribution in [0, 0.1) is 0 Å². The molecule has 1 aliphatic rings. The van der Waals surface area contributed by atoms with Gasteiger partial charge in [-0.05, 0) is 36.2 Å².